The fraction of sp³-hybridized carbons (Fsp3) is 0.111. The Balaban J connectivity index is 1.94. The fourth-order valence-electron chi connectivity index (χ4n) is 2.49. The third kappa shape index (κ3) is 3.47. The summed E-state index contributed by atoms with van der Waals surface area (Å²) in [5.41, 5.74) is 2.21. The largest absolute Gasteiger partial charge is 0.276 e. The molecule has 1 amide bonds. The maximum atomic E-state index is 12.7. The first-order chi connectivity index (χ1) is 12.0. The molecular weight excluding hydrogens is 356 g/mol. The SMILES string of the molecule is CCc1ccc(N2C(=O)C(=Cc3ccccc3[N+](=O)[O-])SC2=S)cc1. The predicted octanol–water partition coefficient (Wildman–Crippen LogP) is 4.56. The number of benzene rings is 2. The monoisotopic (exact) mass is 370 g/mol. The van der Waals surface area contributed by atoms with Gasteiger partial charge in [0.05, 0.1) is 21.1 Å². The van der Waals surface area contributed by atoms with Crippen LogP contribution in [-0.4, -0.2) is 15.2 Å². The van der Waals surface area contributed by atoms with E-state index in [4.69, 9.17) is 12.2 Å². The molecule has 1 heterocycles. The molecule has 0 aromatic heterocycles. The van der Waals surface area contributed by atoms with E-state index < -0.39 is 4.92 Å². The maximum Gasteiger partial charge on any atom is 0.276 e. The Morgan fingerprint density at radius 1 is 1.20 bits per heavy atom. The standard InChI is InChI=1S/C18H14N2O3S2/c1-2-12-7-9-14(10-8-12)19-17(21)16(25-18(19)24)11-13-5-3-4-6-15(13)20(22)23/h3-11H,2H2,1H3. The van der Waals surface area contributed by atoms with Gasteiger partial charge in [0, 0.05) is 6.07 Å². The van der Waals surface area contributed by atoms with Crippen molar-refractivity contribution >= 4 is 51.7 Å². The fourth-order valence-corrected chi connectivity index (χ4v) is 3.78. The summed E-state index contributed by atoms with van der Waals surface area (Å²) in [5.74, 6) is -0.266. The smallest absolute Gasteiger partial charge is 0.268 e. The summed E-state index contributed by atoms with van der Waals surface area (Å²) < 4.78 is 0.416. The number of rotatable bonds is 4. The molecule has 0 saturated carbocycles. The number of para-hydroxylation sites is 1. The van der Waals surface area contributed by atoms with Crippen molar-refractivity contribution in [2.24, 2.45) is 0 Å². The topological polar surface area (TPSA) is 63.5 Å². The number of hydrogen-bond donors (Lipinski definition) is 0. The number of hydrogen-bond acceptors (Lipinski definition) is 5. The number of nitro groups is 1. The molecule has 1 saturated heterocycles. The summed E-state index contributed by atoms with van der Waals surface area (Å²) in [6.45, 7) is 2.06. The summed E-state index contributed by atoms with van der Waals surface area (Å²) in [6.07, 6.45) is 2.44. The predicted molar refractivity (Wildman–Crippen MR) is 105 cm³/mol. The normalized spacial score (nSPS) is 15.9. The summed E-state index contributed by atoms with van der Waals surface area (Å²) in [6, 6.07) is 13.9. The van der Waals surface area contributed by atoms with Gasteiger partial charge < -0.3 is 0 Å². The van der Waals surface area contributed by atoms with Crippen molar-refractivity contribution in [2.75, 3.05) is 4.90 Å². The van der Waals surface area contributed by atoms with Crippen molar-refractivity contribution in [1.82, 2.24) is 0 Å². The molecule has 1 aliphatic heterocycles. The van der Waals surface area contributed by atoms with Crippen LogP contribution in [0.1, 0.15) is 18.1 Å². The molecule has 0 radical (unpaired) electrons. The van der Waals surface area contributed by atoms with Crippen LogP contribution in [-0.2, 0) is 11.2 Å². The van der Waals surface area contributed by atoms with Crippen LogP contribution in [0.3, 0.4) is 0 Å². The van der Waals surface area contributed by atoms with Gasteiger partial charge in [-0.3, -0.25) is 19.8 Å². The molecule has 1 aliphatic rings. The molecule has 1 fully saturated rings. The highest BCUT2D eigenvalue weighted by molar-refractivity contribution is 8.27. The van der Waals surface area contributed by atoms with E-state index in [0.29, 0.717) is 20.5 Å². The highest BCUT2D eigenvalue weighted by atomic mass is 32.2. The Kier molecular flexibility index (Phi) is 4.96. The number of nitrogens with zero attached hydrogens (tertiary/aromatic N) is 2. The first-order valence-electron chi connectivity index (χ1n) is 7.61. The van der Waals surface area contributed by atoms with E-state index in [9.17, 15) is 14.9 Å². The number of carbonyl (C=O) groups excluding carboxylic acids is 1. The summed E-state index contributed by atoms with van der Waals surface area (Å²) in [4.78, 5) is 25.2. The third-order valence-electron chi connectivity index (χ3n) is 3.82. The molecule has 0 atom stereocenters. The zero-order chi connectivity index (χ0) is 18.0. The minimum Gasteiger partial charge on any atom is -0.268 e. The summed E-state index contributed by atoms with van der Waals surface area (Å²) >= 11 is 6.48. The van der Waals surface area contributed by atoms with Crippen LogP contribution in [0.15, 0.2) is 53.4 Å². The van der Waals surface area contributed by atoms with Gasteiger partial charge in [-0.1, -0.05) is 55.2 Å². The minimum absolute atomic E-state index is 0.0416. The molecule has 0 bridgehead atoms. The lowest BCUT2D eigenvalue weighted by Crippen LogP contribution is -2.27. The molecule has 7 heteroatoms. The zero-order valence-corrected chi connectivity index (χ0v) is 15.0. The minimum atomic E-state index is -0.462. The van der Waals surface area contributed by atoms with Crippen LogP contribution in [0.5, 0.6) is 0 Å². The molecule has 0 N–H and O–H groups in total. The Morgan fingerprint density at radius 2 is 1.88 bits per heavy atom. The van der Waals surface area contributed by atoms with Crippen molar-refractivity contribution in [2.45, 2.75) is 13.3 Å². The van der Waals surface area contributed by atoms with Crippen LogP contribution in [0.25, 0.3) is 6.08 Å². The lowest BCUT2D eigenvalue weighted by Gasteiger charge is -2.14. The van der Waals surface area contributed by atoms with E-state index >= 15 is 0 Å². The molecule has 126 valence electrons. The van der Waals surface area contributed by atoms with Crippen molar-refractivity contribution in [3.8, 4) is 0 Å². The number of amides is 1. The van der Waals surface area contributed by atoms with Crippen LogP contribution in [0.2, 0.25) is 0 Å². The third-order valence-corrected chi connectivity index (χ3v) is 5.12. The van der Waals surface area contributed by atoms with Crippen LogP contribution >= 0.6 is 24.0 Å². The van der Waals surface area contributed by atoms with E-state index in [0.717, 1.165) is 18.2 Å². The quantitative estimate of drug-likeness (QED) is 0.342. The maximum absolute atomic E-state index is 12.7. The second-order valence-electron chi connectivity index (χ2n) is 5.35. The second-order valence-corrected chi connectivity index (χ2v) is 7.03. The van der Waals surface area contributed by atoms with E-state index in [2.05, 4.69) is 6.92 Å². The van der Waals surface area contributed by atoms with Gasteiger partial charge in [-0.15, -0.1) is 0 Å². The average molecular weight is 370 g/mol. The lowest BCUT2D eigenvalue weighted by molar-refractivity contribution is -0.385. The molecule has 0 aliphatic carbocycles. The Bertz CT molecular complexity index is 891. The molecule has 5 nitrogen and oxygen atoms in total. The van der Waals surface area contributed by atoms with E-state index in [1.54, 1.807) is 18.2 Å². The molecular formula is C18H14N2O3S2. The molecule has 2 aromatic carbocycles. The number of thioether (sulfide) groups is 1. The van der Waals surface area contributed by atoms with Gasteiger partial charge in [-0.05, 0) is 36.3 Å². The number of carbonyl (C=O) groups is 1. The Hall–Kier alpha value is -2.51. The van der Waals surface area contributed by atoms with Crippen molar-refractivity contribution in [3.05, 3.63) is 74.7 Å². The highest BCUT2D eigenvalue weighted by Crippen LogP contribution is 2.37. The van der Waals surface area contributed by atoms with Gasteiger partial charge in [0.25, 0.3) is 11.6 Å². The molecule has 0 unspecified atom stereocenters. The lowest BCUT2D eigenvalue weighted by atomic mass is 10.1. The van der Waals surface area contributed by atoms with Crippen molar-refractivity contribution < 1.29 is 9.72 Å². The molecule has 2 aromatic rings. The Labute approximate surface area is 154 Å². The van der Waals surface area contributed by atoms with Crippen LogP contribution in [0, 0.1) is 10.1 Å². The van der Waals surface area contributed by atoms with Gasteiger partial charge in [-0.25, -0.2) is 0 Å². The van der Waals surface area contributed by atoms with Gasteiger partial charge >= 0.3 is 0 Å². The van der Waals surface area contributed by atoms with Gasteiger partial charge in [0.1, 0.15) is 0 Å². The number of thiocarbonyl (C=S) groups is 1. The number of aryl methyl sites for hydroxylation is 1. The zero-order valence-electron chi connectivity index (χ0n) is 13.3. The van der Waals surface area contributed by atoms with E-state index in [1.807, 2.05) is 24.3 Å². The van der Waals surface area contributed by atoms with Gasteiger partial charge in [0.15, 0.2) is 4.32 Å². The second kappa shape index (κ2) is 7.16. The first kappa shape index (κ1) is 17.3. The van der Waals surface area contributed by atoms with Crippen LogP contribution in [0.4, 0.5) is 11.4 Å². The summed E-state index contributed by atoms with van der Waals surface area (Å²) in [5, 5.41) is 11.1. The molecule has 3 rings (SSSR count). The first-order valence-corrected chi connectivity index (χ1v) is 8.84. The van der Waals surface area contributed by atoms with Gasteiger partial charge in [-0.2, -0.15) is 0 Å². The summed E-state index contributed by atoms with van der Waals surface area (Å²) in [7, 11) is 0. The van der Waals surface area contributed by atoms with Crippen LogP contribution < -0.4 is 4.90 Å². The van der Waals surface area contributed by atoms with Crippen molar-refractivity contribution in [3.63, 3.8) is 0 Å². The number of nitro benzene ring substituents is 1. The Morgan fingerprint density at radius 3 is 2.52 bits per heavy atom. The van der Waals surface area contributed by atoms with E-state index in [1.165, 1.54) is 22.6 Å². The average Bonchev–Trinajstić information content (AvgIpc) is 2.89. The van der Waals surface area contributed by atoms with Gasteiger partial charge in [0.2, 0.25) is 0 Å². The van der Waals surface area contributed by atoms with E-state index in [-0.39, 0.29) is 11.6 Å². The number of anilines is 1. The molecule has 25 heavy (non-hydrogen) atoms. The molecule has 0 spiro atoms. The highest BCUT2D eigenvalue weighted by Gasteiger charge is 2.33. The van der Waals surface area contributed by atoms with Crippen molar-refractivity contribution in [1.29, 1.82) is 0 Å².